The van der Waals surface area contributed by atoms with Crippen LogP contribution in [0.2, 0.25) is 0 Å². The van der Waals surface area contributed by atoms with Gasteiger partial charge in [-0.1, -0.05) is 6.92 Å². The van der Waals surface area contributed by atoms with Gasteiger partial charge in [-0.2, -0.15) is 10.2 Å². The van der Waals surface area contributed by atoms with Crippen LogP contribution in [0.25, 0.3) is 16.6 Å². The highest BCUT2D eigenvalue weighted by Gasteiger charge is 2.47. The lowest BCUT2D eigenvalue weighted by atomic mass is 9.93. The Balaban J connectivity index is 1.46. The molecule has 0 aromatic carbocycles. The number of alkyl halides is 1. The molecule has 0 radical (unpaired) electrons. The highest BCUT2D eigenvalue weighted by atomic mass is 19.1. The Morgan fingerprint density at radius 1 is 1.22 bits per heavy atom. The highest BCUT2D eigenvalue weighted by Crippen LogP contribution is 2.44. The molecular formula is C22H26FN7O2. The Morgan fingerprint density at radius 3 is 2.69 bits per heavy atom. The lowest BCUT2D eigenvalue weighted by Gasteiger charge is -2.25. The van der Waals surface area contributed by atoms with Crippen LogP contribution in [0.5, 0.6) is 0 Å². The minimum atomic E-state index is -0.944. The number of carbonyl (C=O) groups excluding carboxylic acids is 2. The van der Waals surface area contributed by atoms with E-state index < -0.39 is 18.5 Å². The van der Waals surface area contributed by atoms with E-state index in [0.29, 0.717) is 36.2 Å². The molecule has 9 nitrogen and oxygen atoms in total. The largest absolute Gasteiger partial charge is 0.380 e. The first-order chi connectivity index (χ1) is 15.4. The molecule has 10 heteroatoms. The fraction of sp³-hybridized carbons (Fsp3) is 0.455. The molecule has 3 N–H and O–H groups in total. The molecule has 168 valence electrons. The average molecular weight is 439 g/mol. The van der Waals surface area contributed by atoms with Gasteiger partial charge in [0, 0.05) is 49.7 Å². The number of likely N-dealkylation sites (tertiary alicyclic amines) is 1. The Morgan fingerprint density at radius 2 is 2.03 bits per heavy atom. The van der Waals surface area contributed by atoms with Gasteiger partial charge in [-0.05, 0) is 30.2 Å². The van der Waals surface area contributed by atoms with Gasteiger partial charge in [0.05, 0.1) is 29.2 Å². The predicted octanol–water partition coefficient (Wildman–Crippen LogP) is 1.70. The number of amides is 2. The number of hydrogen-bond donors (Lipinski definition) is 2. The smallest absolute Gasteiger partial charge is 0.253 e. The monoisotopic (exact) mass is 439 g/mol. The van der Waals surface area contributed by atoms with E-state index in [1.54, 1.807) is 20.3 Å². The lowest BCUT2D eigenvalue weighted by molar-refractivity contribution is -0.131. The second-order valence-electron chi connectivity index (χ2n) is 8.96. The van der Waals surface area contributed by atoms with E-state index in [2.05, 4.69) is 22.4 Å². The maximum Gasteiger partial charge on any atom is 0.253 e. The zero-order valence-electron chi connectivity index (χ0n) is 18.0. The first-order valence-corrected chi connectivity index (χ1v) is 10.8. The standard InChI is InChI=1S/C22H26FN7O2/c1-12-17-11-29(20(31)5-23)9-14(17)3-18(12)27-21-16(22(24)32)7-26-30-10-13(4-19(21)30)15-6-25-28(2)8-15/h4,6-8,10,12,14,17-18,27H,3,5,9,11H2,1-2H3,(H2,24,32)/t12-,14-,17-,18-/m1/s1. The second-order valence-corrected chi connectivity index (χ2v) is 8.96. The van der Waals surface area contributed by atoms with Crippen LogP contribution in [-0.4, -0.2) is 61.9 Å². The third-order valence-corrected chi connectivity index (χ3v) is 7.10. The summed E-state index contributed by atoms with van der Waals surface area (Å²) in [4.78, 5) is 25.6. The molecule has 3 aromatic rings. The van der Waals surface area contributed by atoms with Gasteiger partial charge >= 0.3 is 0 Å². The number of fused-ring (bicyclic) bond motifs is 2. The van der Waals surface area contributed by atoms with Crippen LogP contribution in [0.4, 0.5) is 10.1 Å². The quantitative estimate of drug-likeness (QED) is 0.629. The molecule has 2 fully saturated rings. The number of hydrogen-bond acceptors (Lipinski definition) is 5. The van der Waals surface area contributed by atoms with Crippen molar-refractivity contribution in [1.29, 1.82) is 0 Å². The molecule has 0 spiro atoms. The van der Waals surface area contributed by atoms with Gasteiger partial charge in [0.25, 0.3) is 11.8 Å². The molecule has 4 atom stereocenters. The zero-order chi connectivity index (χ0) is 22.6. The summed E-state index contributed by atoms with van der Waals surface area (Å²) in [6, 6.07) is 2.08. The van der Waals surface area contributed by atoms with Crippen molar-refractivity contribution >= 4 is 23.0 Å². The number of carbonyl (C=O) groups is 2. The number of aryl methyl sites for hydroxylation is 1. The van der Waals surface area contributed by atoms with Crippen molar-refractivity contribution in [3.8, 4) is 11.1 Å². The SMILES string of the molecule is C[C@@H]1[C@H]2CN(C(=O)CF)C[C@H]2C[C@H]1Nc1c(C(N)=O)cnn2cc(-c3cnn(C)c3)cc12. The molecule has 32 heavy (non-hydrogen) atoms. The van der Waals surface area contributed by atoms with E-state index in [-0.39, 0.29) is 12.0 Å². The van der Waals surface area contributed by atoms with Crippen molar-refractivity contribution in [3.63, 3.8) is 0 Å². The summed E-state index contributed by atoms with van der Waals surface area (Å²) < 4.78 is 16.3. The molecule has 0 bridgehead atoms. The van der Waals surface area contributed by atoms with Crippen LogP contribution in [-0.2, 0) is 11.8 Å². The summed E-state index contributed by atoms with van der Waals surface area (Å²) in [6.07, 6.45) is 7.93. The minimum Gasteiger partial charge on any atom is -0.380 e. The highest BCUT2D eigenvalue weighted by molar-refractivity contribution is 6.02. The average Bonchev–Trinajstić information content (AvgIpc) is 3.52. The Labute approximate surface area is 184 Å². The normalized spacial score (nSPS) is 24.8. The van der Waals surface area contributed by atoms with Crippen LogP contribution in [0.3, 0.4) is 0 Å². The number of nitrogens with two attached hydrogens (primary N) is 1. The Kier molecular flexibility index (Phi) is 4.87. The topological polar surface area (TPSA) is 111 Å². The second kappa shape index (κ2) is 7.61. The van der Waals surface area contributed by atoms with Crippen LogP contribution in [0.1, 0.15) is 23.7 Å². The van der Waals surface area contributed by atoms with Crippen molar-refractivity contribution in [2.24, 2.45) is 30.5 Å². The third kappa shape index (κ3) is 3.30. The number of anilines is 1. The van der Waals surface area contributed by atoms with E-state index >= 15 is 0 Å². The molecule has 2 amide bonds. The summed E-state index contributed by atoms with van der Waals surface area (Å²) in [7, 11) is 1.86. The summed E-state index contributed by atoms with van der Waals surface area (Å²) in [5, 5.41) is 12.2. The van der Waals surface area contributed by atoms with Gasteiger partial charge in [0.15, 0.2) is 6.67 Å². The predicted molar refractivity (Wildman–Crippen MR) is 117 cm³/mol. The maximum atomic E-state index is 12.8. The number of nitrogens with zero attached hydrogens (tertiary/aromatic N) is 5. The van der Waals surface area contributed by atoms with Crippen molar-refractivity contribution in [1.82, 2.24) is 24.3 Å². The van der Waals surface area contributed by atoms with E-state index in [1.165, 1.54) is 6.20 Å². The molecule has 1 aliphatic heterocycles. The van der Waals surface area contributed by atoms with E-state index in [4.69, 9.17) is 5.73 Å². The van der Waals surface area contributed by atoms with Gasteiger partial charge in [0.2, 0.25) is 0 Å². The molecule has 0 unspecified atom stereocenters. The molecular weight excluding hydrogens is 413 g/mol. The van der Waals surface area contributed by atoms with Gasteiger partial charge in [-0.3, -0.25) is 14.3 Å². The fourth-order valence-electron chi connectivity index (χ4n) is 5.37. The van der Waals surface area contributed by atoms with Gasteiger partial charge in [-0.25, -0.2) is 8.91 Å². The van der Waals surface area contributed by atoms with Crippen molar-refractivity contribution in [2.75, 3.05) is 25.1 Å². The number of halogens is 1. The third-order valence-electron chi connectivity index (χ3n) is 7.10. The molecule has 2 aliphatic rings. The summed E-state index contributed by atoms with van der Waals surface area (Å²) >= 11 is 0. The van der Waals surface area contributed by atoms with Crippen LogP contribution in [0, 0.1) is 17.8 Å². The van der Waals surface area contributed by atoms with Crippen LogP contribution in [0.15, 0.2) is 30.9 Å². The number of nitrogens with one attached hydrogen (secondary N) is 1. The van der Waals surface area contributed by atoms with Crippen molar-refractivity contribution in [2.45, 2.75) is 19.4 Å². The molecule has 5 rings (SSSR count). The number of rotatable bonds is 5. The Bertz CT molecular complexity index is 1200. The first kappa shape index (κ1) is 20.5. The van der Waals surface area contributed by atoms with Gasteiger partial charge in [-0.15, -0.1) is 0 Å². The summed E-state index contributed by atoms with van der Waals surface area (Å²) in [6.45, 7) is 2.37. The summed E-state index contributed by atoms with van der Waals surface area (Å²) in [5.41, 5.74) is 9.33. The minimum absolute atomic E-state index is 0.105. The van der Waals surface area contributed by atoms with E-state index in [9.17, 15) is 14.0 Å². The fourth-order valence-corrected chi connectivity index (χ4v) is 5.37. The summed E-state index contributed by atoms with van der Waals surface area (Å²) in [5.74, 6) is -0.114. The lowest BCUT2D eigenvalue weighted by Crippen LogP contribution is -2.34. The Hall–Kier alpha value is -3.43. The van der Waals surface area contributed by atoms with Crippen molar-refractivity contribution in [3.05, 3.63) is 36.4 Å². The van der Waals surface area contributed by atoms with Gasteiger partial charge in [0.1, 0.15) is 0 Å². The first-order valence-electron chi connectivity index (χ1n) is 10.8. The van der Waals surface area contributed by atoms with Crippen molar-refractivity contribution < 1.29 is 14.0 Å². The molecule has 3 aromatic heterocycles. The van der Waals surface area contributed by atoms with E-state index in [1.807, 2.05) is 25.5 Å². The number of primary amides is 1. The zero-order valence-corrected chi connectivity index (χ0v) is 18.0. The molecule has 1 aliphatic carbocycles. The van der Waals surface area contributed by atoms with E-state index in [0.717, 1.165) is 23.1 Å². The number of aromatic nitrogens is 4. The maximum absolute atomic E-state index is 12.8. The van der Waals surface area contributed by atoms with Crippen LogP contribution < -0.4 is 11.1 Å². The molecule has 4 heterocycles. The van der Waals surface area contributed by atoms with Gasteiger partial charge < -0.3 is 16.0 Å². The molecule has 1 saturated heterocycles. The molecule has 1 saturated carbocycles. The van der Waals surface area contributed by atoms with Crippen LogP contribution >= 0.6 is 0 Å².